The van der Waals surface area contributed by atoms with Gasteiger partial charge in [0.15, 0.2) is 0 Å². The Hall–Kier alpha value is 2.26. The molecule has 0 aromatic carbocycles. The van der Waals surface area contributed by atoms with Crippen LogP contribution in [0, 0.1) is 48.9 Å². The van der Waals surface area contributed by atoms with Crippen LogP contribution in [-0.2, 0) is 19.3 Å². The number of hydrogen-bond donors (Lipinski definition) is 0. The molecule has 4 rings (SSSR count). The van der Waals surface area contributed by atoms with Gasteiger partial charge in [0.2, 0.25) is 0 Å². The molecule has 4 saturated carbocycles. The summed E-state index contributed by atoms with van der Waals surface area (Å²) in [4.78, 5) is 0. The summed E-state index contributed by atoms with van der Waals surface area (Å²) in [6, 6.07) is 0. The number of ether oxygens (including phenoxy) is 2. The van der Waals surface area contributed by atoms with Gasteiger partial charge in [-0.25, -0.2) is 8.42 Å². The number of methoxy groups -OCH3 is 1. The van der Waals surface area contributed by atoms with E-state index in [1.165, 1.54) is 19.3 Å². The minimum Gasteiger partial charge on any atom is -0.413 e. The summed E-state index contributed by atoms with van der Waals surface area (Å²) in [5.74, 6) is 2.08. The van der Waals surface area contributed by atoms with Crippen molar-refractivity contribution in [3.63, 3.8) is 0 Å². The second-order valence-corrected chi connectivity index (χ2v) is 14.6. The van der Waals surface area contributed by atoms with Crippen LogP contribution >= 0.6 is 0 Å². The topological polar surface area (TPSA) is 52.6 Å². The third-order valence-corrected chi connectivity index (χ3v) is 12.3. The molecule has 0 N–H and O–H groups in total. The Kier molecular flexibility index (Phi) is 19.2. The molecule has 8 atom stereocenters. The smallest absolute Gasteiger partial charge is 0.413 e. The average molecular weight is 521 g/mol. The molecule has 0 heterocycles. The van der Waals surface area contributed by atoms with Crippen molar-refractivity contribution in [1.29, 1.82) is 0 Å². The second-order valence-electron chi connectivity index (χ2n) is 12.3. The molecule has 198 valence electrons. The minimum atomic E-state index is -3.09. The molecule has 4 fully saturated rings. The molecule has 4 aliphatic rings. The van der Waals surface area contributed by atoms with Crippen LogP contribution in [0.25, 0.3) is 0 Å². The Morgan fingerprint density at radius 1 is 0.658 bits per heavy atom. The quantitative estimate of drug-likeness (QED) is 0.248. The Bertz CT molecular complexity index is 734. The first-order valence-electron chi connectivity index (χ1n) is 13.9. The van der Waals surface area contributed by atoms with Gasteiger partial charge in [0, 0.05) is 13.2 Å². The molecule has 8 unspecified atom stereocenters. The van der Waals surface area contributed by atoms with Crippen LogP contribution in [-0.4, -0.2) is 44.3 Å². The summed E-state index contributed by atoms with van der Waals surface area (Å²) in [6.07, 6.45) is 21.8. The van der Waals surface area contributed by atoms with E-state index >= 15 is 0 Å². The predicted octanol–water partition coefficient (Wildman–Crippen LogP) is -5.63. The van der Waals surface area contributed by atoms with Gasteiger partial charge in [-0.3, -0.25) is 12.8 Å². The molecule has 0 saturated heterocycles. The van der Waals surface area contributed by atoms with E-state index in [9.17, 15) is 8.42 Å². The maximum Gasteiger partial charge on any atom is 1.00 e. The fourth-order valence-electron chi connectivity index (χ4n) is 7.01. The van der Waals surface area contributed by atoms with Gasteiger partial charge in [0.1, 0.15) is 9.84 Å². The monoisotopic (exact) mass is 520 g/mol. The van der Waals surface area contributed by atoms with Crippen molar-refractivity contribution in [1.82, 2.24) is 0 Å². The molecular weight excluding hydrogens is 472 g/mol. The van der Waals surface area contributed by atoms with Crippen LogP contribution in [0.1, 0.15) is 97.8 Å². The predicted molar refractivity (Wildman–Crippen MR) is 138 cm³/mol. The van der Waals surface area contributed by atoms with Crippen LogP contribution in [0.2, 0.25) is 0 Å². The van der Waals surface area contributed by atoms with Crippen molar-refractivity contribution in [2.45, 2.75) is 127 Å². The van der Waals surface area contributed by atoms with Crippen molar-refractivity contribution in [3.8, 4) is 0 Å². The van der Waals surface area contributed by atoms with Gasteiger partial charge in [-0.1, -0.05) is 106 Å². The van der Waals surface area contributed by atoms with Gasteiger partial charge in [0.25, 0.3) is 0 Å². The third-order valence-electron chi connectivity index (χ3n) is 9.76. The fraction of sp³-hybridized carbons (Fsp3) is 0.862. The molecule has 0 bridgehead atoms. The number of hydrogen-bond acceptors (Lipinski definition) is 4. The van der Waals surface area contributed by atoms with Crippen LogP contribution in [0.5, 0.6) is 0 Å². The van der Waals surface area contributed by atoms with Gasteiger partial charge < -0.3 is 22.3 Å². The molecule has 4 nitrogen and oxygen atoms in total. The molecule has 0 amide bonds. The SMILES string of the molecule is COC1[CH-]CC(C(C)(C)C2C[CH-]C(OC3C[CH-]C(S(=O)(=O)C4[CH-]CC(C)CC4)CC3)CC2)CC1.[Li+].[Li+].[Li+].[Li+]. The first-order chi connectivity index (χ1) is 16.2. The second kappa shape index (κ2) is 18.2. The average Bonchev–Trinajstić information content (AvgIpc) is 2.85. The van der Waals surface area contributed by atoms with Gasteiger partial charge in [-0.15, -0.1) is 0 Å². The van der Waals surface area contributed by atoms with Crippen molar-refractivity contribution >= 4 is 9.84 Å². The molecule has 0 aliphatic heterocycles. The number of sulfone groups is 1. The van der Waals surface area contributed by atoms with Gasteiger partial charge in [0.05, 0.1) is 0 Å². The van der Waals surface area contributed by atoms with Crippen LogP contribution in [0.3, 0.4) is 0 Å². The summed E-state index contributed by atoms with van der Waals surface area (Å²) in [5.41, 5.74) is 0.338. The Labute approximate surface area is 283 Å². The van der Waals surface area contributed by atoms with E-state index in [1.54, 1.807) is 0 Å². The first kappa shape index (κ1) is 40.3. The van der Waals surface area contributed by atoms with Crippen molar-refractivity contribution in [3.05, 3.63) is 25.7 Å². The molecule has 0 aromatic heterocycles. The van der Waals surface area contributed by atoms with Gasteiger partial charge >= 0.3 is 75.4 Å². The summed E-state index contributed by atoms with van der Waals surface area (Å²) >= 11 is 0. The minimum absolute atomic E-state index is 0. The van der Waals surface area contributed by atoms with E-state index in [4.69, 9.17) is 9.47 Å². The Morgan fingerprint density at radius 2 is 1.18 bits per heavy atom. The number of rotatable bonds is 7. The Balaban J connectivity index is 0.00000342. The van der Waals surface area contributed by atoms with Crippen molar-refractivity contribution in [2.24, 2.45) is 23.2 Å². The zero-order valence-electron chi connectivity index (χ0n) is 26.0. The Morgan fingerprint density at radius 3 is 1.61 bits per heavy atom. The molecular formula is C29H48Li4O4S. The van der Waals surface area contributed by atoms with Crippen molar-refractivity contribution < 1.29 is 93.3 Å². The summed E-state index contributed by atoms with van der Waals surface area (Å²) in [7, 11) is -1.27. The van der Waals surface area contributed by atoms with E-state index in [0.29, 0.717) is 23.4 Å². The molecule has 38 heavy (non-hydrogen) atoms. The van der Waals surface area contributed by atoms with Gasteiger partial charge in [-0.2, -0.15) is 25.7 Å². The first-order valence-corrected chi connectivity index (χ1v) is 15.5. The summed E-state index contributed by atoms with van der Waals surface area (Å²) < 4.78 is 38.2. The normalized spacial score (nSPS) is 36.4. The summed E-state index contributed by atoms with van der Waals surface area (Å²) in [6.45, 7) is 7.16. The fourth-order valence-corrected chi connectivity index (χ4v) is 9.14. The van der Waals surface area contributed by atoms with Crippen LogP contribution < -0.4 is 75.4 Å². The standard InChI is InChI=1S/C29H48O4S.4Li/c1-21-5-17-27(18-6-21)34(30,31)28-19-15-26(16-20-28)33-25-13-9-23(10-14-25)29(2,3)22-7-11-24(32-4)12-8-22;;;;/h11,13,17,19,21-28H,5-10,12,14-16,18,20H2,1-4H3;;;;/q-4;4*+1. The van der Waals surface area contributed by atoms with Gasteiger partial charge in [-0.05, 0) is 11.8 Å². The maximum absolute atomic E-state index is 13.1. The molecule has 0 spiro atoms. The zero-order valence-corrected chi connectivity index (χ0v) is 26.8. The van der Waals surface area contributed by atoms with Crippen molar-refractivity contribution in [2.75, 3.05) is 7.11 Å². The summed E-state index contributed by atoms with van der Waals surface area (Å²) in [5, 5.41) is -0.524. The van der Waals surface area contributed by atoms with E-state index in [2.05, 4.69) is 46.5 Å². The van der Waals surface area contributed by atoms with E-state index < -0.39 is 9.84 Å². The van der Waals surface area contributed by atoms with E-state index in [0.717, 1.165) is 63.7 Å². The van der Waals surface area contributed by atoms with E-state index in [-0.39, 0.29) is 98.2 Å². The largest absolute Gasteiger partial charge is 1.00 e. The molecule has 4 aliphatic carbocycles. The van der Waals surface area contributed by atoms with Crippen LogP contribution in [0.4, 0.5) is 0 Å². The van der Waals surface area contributed by atoms with E-state index in [1.807, 2.05) is 7.11 Å². The molecule has 9 heteroatoms. The molecule has 0 aromatic rings. The maximum atomic E-state index is 13.1. The van der Waals surface area contributed by atoms with Crippen LogP contribution in [0.15, 0.2) is 0 Å². The zero-order chi connectivity index (χ0) is 24.3. The third kappa shape index (κ3) is 10.2. The molecule has 0 radical (unpaired) electrons.